The molecule has 78 valence electrons. The molecule has 0 aliphatic heterocycles. The van der Waals surface area contributed by atoms with Crippen LogP contribution in [-0.2, 0) is 10.0 Å². The SMILES string of the molecule is CN(C)S(=O)(=O)c1cccc(F)c1Cl. The number of sulfonamides is 1. The van der Waals surface area contributed by atoms with Crippen molar-refractivity contribution in [3.63, 3.8) is 0 Å². The van der Waals surface area contributed by atoms with E-state index in [4.69, 9.17) is 11.6 Å². The Balaban J connectivity index is 3.42. The van der Waals surface area contributed by atoms with Gasteiger partial charge in [-0.3, -0.25) is 0 Å². The molecule has 0 saturated heterocycles. The van der Waals surface area contributed by atoms with Gasteiger partial charge in [-0.15, -0.1) is 0 Å². The second kappa shape index (κ2) is 3.84. The quantitative estimate of drug-likeness (QED) is 0.786. The molecule has 0 aromatic heterocycles. The molecule has 0 aliphatic carbocycles. The van der Waals surface area contributed by atoms with Gasteiger partial charge < -0.3 is 0 Å². The monoisotopic (exact) mass is 237 g/mol. The van der Waals surface area contributed by atoms with E-state index in [1.54, 1.807) is 0 Å². The van der Waals surface area contributed by atoms with E-state index in [9.17, 15) is 12.8 Å². The van der Waals surface area contributed by atoms with E-state index in [1.165, 1.54) is 26.2 Å². The van der Waals surface area contributed by atoms with Crippen LogP contribution in [0.25, 0.3) is 0 Å². The molecule has 1 aromatic carbocycles. The van der Waals surface area contributed by atoms with Crippen molar-refractivity contribution in [3.8, 4) is 0 Å². The normalized spacial score (nSPS) is 12.1. The predicted molar refractivity (Wildman–Crippen MR) is 52.3 cm³/mol. The zero-order valence-electron chi connectivity index (χ0n) is 7.66. The van der Waals surface area contributed by atoms with Crippen molar-refractivity contribution >= 4 is 21.6 Å². The molecule has 0 N–H and O–H groups in total. The van der Waals surface area contributed by atoms with Gasteiger partial charge in [-0.1, -0.05) is 17.7 Å². The second-order valence-corrected chi connectivity index (χ2v) is 5.34. The van der Waals surface area contributed by atoms with Crippen molar-refractivity contribution in [2.24, 2.45) is 0 Å². The molecule has 14 heavy (non-hydrogen) atoms. The lowest BCUT2D eigenvalue weighted by Crippen LogP contribution is -2.22. The van der Waals surface area contributed by atoms with Crippen molar-refractivity contribution in [1.82, 2.24) is 4.31 Å². The zero-order valence-corrected chi connectivity index (χ0v) is 9.23. The van der Waals surface area contributed by atoms with Gasteiger partial charge in [0.2, 0.25) is 10.0 Å². The smallest absolute Gasteiger partial charge is 0.207 e. The highest BCUT2D eigenvalue weighted by molar-refractivity contribution is 7.89. The Hall–Kier alpha value is -0.650. The molecule has 0 aliphatic rings. The highest BCUT2D eigenvalue weighted by atomic mass is 35.5. The fourth-order valence-corrected chi connectivity index (χ4v) is 2.27. The average molecular weight is 238 g/mol. The van der Waals surface area contributed by atoms with E-state index in [0.717, 1.165) is 10.4 Å². The van der Waals surface area contributed by atoms with Gasteiger partial charge >= 0.3 is 0 Å². The first-order chi connectivity index (χ1) is 6.37. The lowest BCUT2D eigenvalue weighted by atomic mass is 10.3. The Labute approximate surface area is 87.2 Å². The summed E-state index contributed by atoms with van der Waals surface area (Å²) in [5, 5.41) is -0.374. The molecule has 1 aromatic rings. The summed E-state index contributed by atoms with van der Waals surface area (Å²) in [4.78, 5) is -0.218. The van der Waals surface area contributed by atoms with Crippen molar-refractivity contribution in [2.45, 2.75) is 4.90 Å². The van der Waals surface area contributed by atoms with E-state index in [-0.39, 0.29) is 9.92 Å². The molecule has 0 spiro atoms. The summed E-state index contributed by atoms with van der Waals surface area (Å²) in [5.74, 6) is -0.741. The van der Waals surface area contributed by atoms with Crippen LogP contribution in [0.2, 0.25) is 5.02 Å². The number of hydrogen-bond acceptors (Lipinski definition) is 2. The molecule has 0 amide bonds. The molecule has 1 rings (SSSR count). The highest BCUT2D eigenvalue weighted by Crippen LogP contribution is 2.25. The molecular weight excluding hydrogens is 229 g/mol. The standard InChI is InChI=1S/C8H9ClFNO2S/c1-11(2)14(12,13)7-5-3-4-6(10)8(7)9/h3-5H,1-2H3. The third-order valence-electron chi connectivity index (χ3n) is 1.67. The Bertz CT molecular complexity index is 445. The van der Waals surface area contributed by atoms with Gasteiger partial charge in [0.25, 0.3) is 0 Å². The van der Waals surface area contributed by atoms with Crippen molar-refractivity contribution in [3.05, 3.63) is 29.0 Å². The third-order valence-corrected chi connectivity index (χ3v) is 4.03. The van der Waals surface area contributed by atoms with Crippen molar-refractivity contribution in [1.29, 1.82) is 0 Å². The summed E-state index contributed by atoms with van der Waals surface area (Å²) in [7, 11) is -0.953. The summed E-state index contributed by atoms with van der Waals surface area (Å²) < 4.78 is 37.1. The van der Waals surface area contributed by atoms with E-state index < -0.39 is 15.8 Å². The summed E-state index contributed by atoms with van der Waals surface area (Å²) in [6.45, 7) is 0. The molecule has 6 heteroatoms. The lowest BCUT2D eigenvalue weighted by Gasteiger charge is -2.12. The maximum absolute atomic E-state index is 13.0. The molecule has 0 saturated carbocycles. The predicted octanol–water partition coefficient (Wildman–Crippen LogP) is 1.73. The first-order valence-electron chi connectivity index (χ1n) is 3.74. The maximum Gasteiger partial charge on any atom is 0.244 e. The van der Waals surface area contributed by atoms with Crippen LogP contribution in [0, 0.1) is 5.82 Å². The summed E-state index contributed by atoms with van der Waals surface area (Å²) >= 11 is 5.54. The first-order valence-corrected chi connectivity index (χ1v) is 5.55. The Kier molecular flexibility index (Phi) is 3.14. The minimum atomic E-state index is -3.67. The fraction of sp³-hybridized carbons (Fsp3) is 0.250. The van der Waals surface area contributed by atoms with Crippen LogP contribution in [0.5, 0.6) is 0 Å². The lowest BCUT2D eigenvalue weighted by molar-refractivity contribution is 0.519. The van der Waals surface area contributed by atoms with Gasteiger partial charge in [0.1, 0.15) is 10.7 Å². The van der Waals surface area contributed by atoms with Crippen LogP contribution in [-0.4, -0.2) is 26.8 Å². The van der Waals surface area contributed by atoms with Gasteiger partial charge in [0.05, 0.1) is 5.02 Å². The maximum atomic E-state index is 13.0. The number of hydrogen-bond donors (Lipinski definition) is 0. The highest BCUT2D eigenvalue weighted by Gasteiger charge is 2.21. The summed E-state index contributed by atoms with van der Waals surface area (Å²) in [6, 6.07) is 3.68. The van der Waals surface area contributed by atoms with Gasteiger partial charge in [0, 0.05) is 14.1 Å². The van der Waals surface area contributed by atoms with Gasteiger partial charge in [0.15, 0.2) is 0 Å². The average Bonchev–Trinajstić information content (AvgIpc) is 2.09. The van der Waals surface area contributed by atoms with Crippen LogP contribution in [0.3, 0.4) is 0 Å². The third kappa shape index (κ3) is 1.89. The Morgan fingerprint density at radius 2 is 1.93 bits per heavy atom. The molecule has 0 radical (unpaired) electrons. The molecule has 0 atom stereocenters. The van der Waals surface area contributed by atoms with Crippen LogP contribution in [0.4, 0.5) is 4.39 Å². The second-order valence-electron chi connectivity index (χ2n) is 2.84. The summed E-state index contributed by atoms with van der Waals surface area (Å²) in [6.07, 6.45) is 0. The van der Waals surface area contributed by atoms with E-state index in [2.05, 4.69) is 0 Å². The van der Waals surface area contributed by atoms with Crippen LogP contribution >= 0.6 is 11.6 Å². The zero-order chi connectivity index (χ0) is 10.9. The van der Waals surface area contributed by atoms with Crippen LogP contribution < -0.4 is 0 Å². The topological polar surface area (TPSA) is 37.4 Å². The van der Waals surface area contributed by atoms with Crippen LogP contribution in [0.15, 0.2) is 23.1 Å². The number of benzene rings is 1. The number of nitrogens with zero attached hydrogens (tertiary/aromatic N) is 1. The van der Waals surface area contributed by atoms with Gasteiger partial charge in [-0.2, -0.15) is 0 Å². The largest absolute Gasteiger partial charge is 0.244 e. The first kappa shape index (κ1) is 11.4. The Morgan fingerprint density at radius 3 is 2.43 bits per heavy atom. The van der Waals surface area contributed by atoms with Crippen molar-refractivity contribution < 1.29 is 12.8 Å². The van der Waals surface area contributed by atoms with E-state index in [1.807, 2.05) is 0 Å². The molecule has 0 fully saturated rings. The Morgan fingerprint density at radius 1 is 1.36 bits per heavy atom. The minimum Gasteiger partial charge on any atom is -0.207 e. The van der Waals surface area contributed by atoms with Gasteiger partial charge in [-0.25, -0.2) is 17.1 Å². The minimum absolute atomic E-state index is 0.218. The number of halogens is 2. The van der Waals surface area contributed by atoms with Crippen molar-refractivity contribution in [2.75, 3.05) is 14.1 Å². The molecular formula is C8H9ClFNO2S. The molecule has 0 bridgehead atoms. The molecule has 3 nitrogen and oxygen atoms in total. The number of rotatable bonds is 2. The molecule has 0 unspecified atom stereocenters. The van der Waals surface area contributed by atoms with Gasteiger partial charge in [-0.05, 0) is 12.1 Å². The fourth-order valence-electron chi connectivity index (χ4n) is 0.880. The molecule has 0 heterocycles. The van der Waals surface area contributed by atoms with E-state index in [0.29, 0.717) is 0 Å². The van der Waals surface area contributed by atoms with Crippen LogP contribution in [0.1, 0.15) is 0 Å². The van der Waals surface area contributed by atoms with E-state index >= 15 is 0 Å². The summed E-state index contributed by atoms with van der Waals surface area (Å²) in [5.41, 5.74) is 0.